The van der Waals surface area contributed by atoms with Crippen molar-refractivity contribution in [2.75, 3.05) is 0 Å². The number of para-hydroxylation sites is 2. The fourth-order valence-electron chi connectivity index (χ4n) is 8.74. The molecule has 9 aromatic carbocycles. The minimum absolute atomic E-state index is 0.626. The molecule has 58 heavy (non-hydrogen) atoms. The summed E-state index contributed by atoms with van der Waals surface area (Å²) in [6, 6.07) is 71.0. The van der Waals surface area contributed by atoms with Crippen molar-refractivity contribution in [3.63, 3.8) is 0 Å². The van der Waals surface area contributed by atoms with Crippen LogP contribution in [0, 0.1) is 0 Å². The van der Waals surface area contributed by atoms with Gasteiger partial charge in [-0.2, -0.15) is 0 Å². The average molecular weight is 740 g/mol. The Morgan fingerprint density at radius 2 is 0.672 bits per heavy atom. The summed E-state index contributed by atoms with van der Waals surface area (Å²) >= 11 is 0. The summed E-state index contributed by atoms with van der Waals surface area (Å²) in [5, 5.41) is 9.71. The maximum Gasteiger partial charge on any atom is 0.164 e. The molecule has 5 nitrogen and oxygen atoms in total. The number of nitrogens with zero attached hydrogens (tertiary/aromatic N) is 5. The molecule has 0 amide bonds. The van der Waals surface area contributed by atoms with Gasteiger partial charge in [-0.05, 0) is 106 Å². The van der Waals surface area contributed by atoms with E-state index in [-0.39, 0.29) is 0 Å². The highest BCUT2D eigenvalue weighted by atomic mass is 15.0. The number of aromatic nitrogens is 5. The van der Waals surface area contributed by atoms with E-state index >= 15 is 0 Å². The van der Waals surface area contributed by atoms with Crippen LogP contribution in [0.25, 0.3) is 111 Å². The lowest BCUT2D eigenvalue weighted by molar-refractivity contribution is 1.07. The number of benzene rings is 9. The van der Waals surface area contributed by atoms with Crippen molar-refractivity contribution in [1.29, 1.82) is 0 Å². The van der Waals surface area contributed by atoms with Crippen LogP contribution in [-0.4, -0.2) is 24.1 Å². The Morgan fingerprint density at radius 1 is 0.259 bits per heavy atom. The van der Waals surface area contributed by atoms with Crippen LogP contribution < -0.4 is 0 Å². The molecule has 0 spiro atoms. The van der Waals surface area contributed by atoms with Crippen molar-refractivity contribution in [2.24, 2.45) is 0 Å². The standard InChI is InChI=1S/C53H33N5/c1-3-13-34(14-4-1)51-54-52(56-53(55-51)40-25-28-48-44(31-40)43-21-11-12-22-47(43)57(48)41-19-5-2-6-20-41)35-23-26-42(27-24-35)58-49-32-38-17-9-7-15-36(38)29-45(49)46-30-37-16-8-10-18-39(37)33-50(46)58/h1-33H. The van der Waals surface area contributed by atoms with Crippen molar-refractivity contribution >= 4 is 65.2 Å². The minimum Gasteiger partial charge on any atom is -0.309 e. The third-order valence-electron chi connectivity index (χ3n) is 11.5. The molecule has 0 atom stereocenters. The van der Waals surface area contributed by atoms with E-state index in [0.717, 1.165) is 44.5 Å². The van der Waals surface area contributed by atoms with Gasteiger partial charge in [0.1, 0.15) is 0 Å². The molecule has 0 N–H and O–H groups in total. The van der Waals surface area contributed by atoms with Gasteiger partial charge in [0.15, 0.2) is 17.5 Å². The van der Waals surface area contributed by atoms with E-state index < -0.39 is 0 Å². The fourth-order valence-corrected chi connectivity index (χ4v) is 8.74. The summed E-state index contributed by atoms with van der Waals surface area (Å²) in [5.74, 6) is 1.89. The highest BCUT2D eigenvalue weighted by molar-refractivity contribution is 6.17. The third-order valence-corrected chi connectivity index (χ3v) is 11.5. The van der Waals surface area contributed by atoms with E-state index in [0.29, 0.717) is 17.5 Å². The third kappa shape index (κ3) is 5.14. The van der Waals surface area contributed by atoms with Crippen LogP contribution in [-0.2, 0) is 0 Å². The zero-order valence-electron chi connectivity index (χ0n) is 31.3. The van der Waals surface area contributed by atoms with Crippen molar-refractivity contribution in [3.05, 3.63) is 200 Å². The molecule has 0 fully saturated rings. The topological polar surface area (TPSA) is 48.5 Å². The van der Waals surface area contributed by atoms with Crippen LogP contribution in [0.4, 0.5) is 0 Å². The monoisotopic (exact) mass is 739 g/mol. The second-order valence-electron chi connectivity index (χ2n) is 14.9. The molecule has 5 heteroatoms. The van der Waals surface area contributed by atoms with E-state index in [1.165, 1.54) is 48.7 Å². The molecule has 3 heterocycles. The van der Waals surface area contributed by atoms with Crippen LogP contribution in [0.1, 0.15) is 0 Å². The van der Waals surface area contributed by atoms with E-state index in [1.807, 2.05) is 18.2 Å². The Morgan fingerprint density at radius 3 is 1.29 bits per heavy atom. The highest BCUT2D eigenvalue weighted by Crippen LogP contribution is 2.38. The molecule has 0 aliphatic rings. The molecule has 270 valence electrons. The lowest BCUT2D eigenvalue weighted by Gasteiger charge is -2.11. The van der Waals surface area contributed by atoms with Gasteiger partial charge >= 0.3 is 0 Å². The molecule has 0 bridgehead atoms. The van der Waals surface area contributed by atoms with E-state index in [4.69, 9.17) is 15.0 Å². The van der Waals surface area contributed by atoms with Crippen molar-refractivity contribution in [1.82, 2.24) is 24.1 Å². The molecular weight excluding hydrogens is 707 g/mol. The van der Waals surface area contributed by atoms with E-state index in [1.54, 1.807) is 0 Å². The summed E-state index contributed by atoms with van der Waals surface area (Å²) in [6.07, 6.45) is 0. The SMILES string of the molecule is c1ccc(-c2nc(-c3ccc(-n4c5cc6ccccc6cc5c5cc6ccccc6cc54)cc3)nc(-c3ccc4c(c3)c3ccccc3n4-c3ccccc3)n2)cc1. The Balaban J connectivity index is 1.02. The van der Waals surface area contributed by atoms with Gasteiger partial charge in [-0.15, -0.1) is 0 Å². The van der Waals surface area contributed by atoms with Crippen LogP contribution in [0.5, 0.6) is 0 Å². The Bertz CT molecular complexity index is 3450. The maximum absolute atomic E-state index is 5.18. The van der Waals surface area contributed by atoms with Crippen molar-refractivity contribution < 1.29 is 0 Å². The molecule has 0 saturated carbocycles. The van der Waals surface area contributed by atoms with Gasteiger partial charge < -0.3 is 9.13 Å². The first-order chi connectivity index (χ1) is 28.7. The molecule has 0 radical (unpaired) electrons. The van der Waals surface area contributed by atoms with Crippen LogP contribution >= 0.6 is 0 Å². The van der Waals surface area contributed by atoms with Gasteiger partial charge in [0.25, 0.3) is 0 Å². The molecule has 3 aromatic heterocycles. The van der Waals surface area contributed by atoms with Crippen LogP contribution in [0.15, 0.2) is 200 Å². The summed E-state index contributed by atoms with van der Waals surface area (Å²) in [4.78, 5) is 15.4. The zero-order chi connectivity index (χ0) is 38.2. The minimum atomic E-state index is 0.626. The first kappa shape index (κ1) is 32.4. The lowest BCUT2D eigenvalue weighted by Crippen LogP contribution is -2.01. The average Bonchev–Trinajstić information content (AvgIpc) is 3.79. The Kier molecular flexibility index (Phi) is 7.16. The summed E-state index contributed by atoms with van der Waals surface area (Å²) in [6.45, 7) is 0. The molecule has 0 aliphatic carbocycles. The van der Waals surface area contributed by atoms with Gasteiger partial charge in [-0.1, -0.05) is 115 Å². The number of fused-ring (bicyclic) bond motifs is 8. The zero-order valence-corrected chi connectivity index (χ0v) is 31.3. The largest absolute Gasteiger partial charge is 0.309 e. The predicted octanol–water partition coefficient (Wildman–Crippen LogP) is 13.4. The van der Waals surface area contributed by atoms with Gasteiger partial charge in [0.05, 0.1) is 22.1 Å². The fraction of sp³-hybridized carbons (Fsp3) is 0. The Labute approximate surface area is 333 Å². The second-order valence-corrected chi connectivity index (χ2v) is 14.9. The maximum atomic E-state index is 5.18. The van der Waals surface area contributed by atoms with Crippen molar-refractivity contribution in [3.8, 4) is 45.5 Å². The van der Waals surface area contributed by atoms with Crippen molar-refractivity contribution in [2.45, 2.75) is 0 Å². The molecule has 12 rings (SSSR count). The first-order valence-electron chi connectivity index (χ1n) is 19.6. The molecular formula is C53H33N5. The predicted molar refractivity (Wildman–Crippen MR) is 240 cm³/mol. The summed E-state index contributed by atoms with van der Waals surface area (Å²) in [5.41, 5.74) is 9.64. The van der Waals surface area contributed by atoms with Gasteiger partial charge in [-0.3, -0.25) is 0 Å². The molecule has 0 aliphatic heterocycles. The second kappa shape index (κ2) is 12.8. The molecule has 12 aromatic rings. The van der Waals surface area contributed by atoms with Gasteiger partial charge in [-0.25, -0.2) is 15.0 Å². The highest BCUT2D eigenvalue weighted by Gasteiger charge is 2.18. The normalized spacial score (nSPS) is 11.8. The first-order valence-corrected chi connectivity index (χ1v) is 19.6. The smallest absolute Gasteiger partial charge is 0.164 e. The summed E-state index contributed by atoms with van der Waals surface area (Å²) < 4.78 is 4.72. The number of hydrogen-bond donors (Lipinski definition) is 0. The Hall–Kier alpha value is -7.89. The molecule has 0 unspecified atom stereocenters. The van der Waals surface area contributed by atoms with Crippen LogP contribution in [0.2, 0.25) is 0 Å². The number of rotatable bonds is 5. The number of hydrogen-bond acceptors (Lipinski definition) is 3. The quantitative estimate of drug-likeness (QED) is 0.177. The van der Waals surface area contributed by atoms with Gasteiger partial charge in [0, 0.05) is 49.6 Å². The lowest BCUT2D eigenvalue weighted by atomic mass is 10.0. The molecule has 0 saturated heterocycles. The van der Waals surface area contributed by atoms with Gasteiger partial charge in [0.2, 0.25) is 0 Å². The van der Waals surface area contributed by atoms with E-state index in [2.05, 4.69) is 191 Å². The summed E-state index contributed by atoms with van der Waals surface area (Å²) in [7, 11) is 0. The van der Waals surface area contributed by atoms with Crippen LogP contribution in [0.3, 0.4) is 0 Å². The van der Waals surface area contributed by atoms with E-state index in [9.17, 15) is 0 Å².